The summed E-state index contributed by atoms with van der Waals surface area (Å²) in [6, 6.07) is 28.9. The van der Waals surface area contributed by atoms with Crippen LogP contribution in [-0.4, -0.2) is 4.57 Å². The molecule has 0 atom stereocenters. The molecule has 0 saturated carbocycles. The number of nitrogens with one attached hydrogen (secondary N) is 1. The smallest absolute Gasteiger partial charge is 0.0765 e. The number of benzene rings is 3. The molecule has 1 aromatic heterocycles. The summed E-state index contributed by atoms with van der Waals surface area (Å²) in [5, 5.41) is 4.30. The number of hydrogen-bond acceptors (Lipinski definition) is 1. The van der Waals surface area contributed by atoms with Gasteiger partial charge < -0.3 is 9.88 Å². The molecule has 0 radical (unpaired) electrons. The lowest BCUT2D eigenvalue weighted by atomic mass is 10.1. The van der Waals surface area contributed by atoms with Crippen molar-refractivity contribution in [3.8, 4) is 16.9 Å². The minimum atomic E-state index is 0.771. The zero-order valence-electron chi connectivity index (χ0n) is 14.5. The Morgan fingerprint density at radius 3 is 2.19 bits per heavy atom. The first-order valence-corrected chi connectivity index (χ1v) is 8.95. The summed E-state index contributed by atoms with van der Waals surface area (Å²) >= 11 is 6.37. The Hall–Kier alpha value is -2.97. The van der Waals surface area contributed by atoms with Gasteiger partial charge in [0.25, 0.3) is 0 Å². The van der Waals surface area contributed by atoms with Crippen molar-refractivity contribution in [3.63, 3.8) is 0 Å². The predicted octanol–water partition coefficient (Wildman–Crippen LogP) is 6.85. The van der Waals surface area contributed by atoms with E-state index in [-0.39, 0.29) is 0 Å². The van der Waals surface area contributed by atoms with E-state index in [9.17, 15) is 0 Å². The van der Waals surface area contributed by atoms with Crippen molar-refractivity contribution in [3.05, 3.63) is 102 Å². The van der Waals surface area contributed by atoms with Gasteiger partial charge in [-0.25, -0.2) is 0 Å². The Bertz CT molecular complexity index is 1020. The lowest BCUT2D eigenvalue weighted by Crippen LogP contribution is -1.98. The fourth-order valence-electron chi connectivity index (χ4n) is 3.05. The summed E-state index contributed by atoms with van der Waals surface area (Å²) in [6.45, 7) is 2.02. The van der Waals surface area contributed by atoms with Crippen LogP contribution in [0.15, 0.2) is 91.1 Å². The zero-order chi connectivity index (χ0) is 17.9. The van der Waals surface area contributed by atoms with Crippen LogP contribution in [0.3, 0.4) is 0 Å². The third-order valence-corrected chi connectivity index (χ3v) is 4.83. The Labute approximate surface area is 158 Å². The zero-order valence-corrected chi connectivity index (χ0v) is 15.2. The molecular weight excluding hydrogens is 340 g/mol. The van der Waals surface area contributed by atoms with Gasteiger partial charge in [0.1, 0.15) is 0 Å². The van der Waals surface area contributed by atoms with Gasteiger partial charge in [0.15, 0.2) is 0 Å². The number of anilines is 2. The fraction of sp³-hybridized carbons (Fsp3) is 0.0435. The van der Waals surface area contributed by atoms with Crippen LogP contribution in [-0.2, 0) is 0 Å². The normalized spacial score (nSPS) is 10.7. The topological polar surface area (TPSA) is 17.0 Å². The van der Waals surface area contributed by atoms with E-state index in [0.717, 1.165) is 38.9 Å². The Morgan fingerprint density at radius 2 is 1.50 bits per heavy atom. The first kappa shape index (κ1) is 16.5. The van der Waals surface area contributed by atoms with Crippen LogP contribution in [0.5, 0.6) is 0 Å². The summed E-state index contributed by atoms with van der Waals surface area (Å²) in [5.74, 6) is 0. The third kappa shape index (κ3) is 3.24. The highest BCUT2D eigenvalue weighted by atomic mass is 35.5. The largest absolute Gasteiger partial charge is 0.354 e. The molecule has 1 heterocycles. The minimum Gasteiger partial charge on any atom is -0.354 e. The first-order valence-electron chi connectivity index (χ1n) is 8.58. The highest BCUT2D eigenvalue weighted by Gasteiger charge is 2.13. The Morgan fingerprint density at radius 1 is 0.808 bits per heavy atom. The van der Waals surface area contributed by atoms with Crippen molar-refractivity contribution in [2.75, 3.05) is 5.32 Å². The molecule has 0 unspecified atom stereocenters. The molecule has 0 fully saturated rings. The predicted molar refractivity (Wildman–Crippen MR) is 111 cm³/mol. The van der Waals surface area contributed by atoms with E-state index < -0.39 is 0 Å². The van der Waals surface area contributed by atoms with Crippen molar-refractivity contribution in [2.24, 2.45) is 0 Å². The van der Waals surface area contributed by atoms with Crippen LogP contribution in [0.1, 0.15) is 5.56 Å². The van der Waals surface area contributed by atoms with Crippen molar-refractivity contribution in [1.82, 2.24) is 4.57 Å². The van der Waals surface area contributed by atoms with Gasteiger partial charge in [0.2, 0.25) is 0 Å². The fourth-order valence-corrected chi connectivity index (χ4v) is 3.22. The number of aryl methyl sites for hydroxylation is 1. The van der Waals surface area contributed by atoms with Gasteiger partial charge in [-0.1, -0.05) is 66.2 Å². The molecule has 1 N–H and O–H groups in total. The average molecular weight is 359 g/mol. The Balaban J connectivity index is 1.85. The van der Waals surface area contributed by atoms with Crippen LogP contribution in [0.2, 0.25) is 5.02 Å². The van der Waals surface area contributed by atoms with E-state index in [2.05, 4.69) is 70.7 Å². The van der Waals surface area contributed by atoms with Crippen LogP contribution in [0.4, 0.5) is 11.4 Å². The minimum absolute atomic E-state index is 0.771. The number of aromatic nitrogens is 1. The Kier molecular flexibility index (Phi) is 4.51. The second-order valence-corrected chi connectivity index (χ2v) is 6.65. The molecule has 0 bridgehead atoms. The standard InChI is InChI=1S/C23H19ClN2/c1-17-12-13-20(16-21(17)24)26-15-14-22(25-19-10-6-3-7-11-19)23(26)18-8-4-2-5-9-18/h2-16,25H,1H3. The number of rotatable bonds is 4. The maximum Gasteiger partial charge on any atom is 0.0765 e. The van der Waals surface area contributed by atoms with Gasteiger partial charge in [0.05, 0.1) is 11.4 Å². The van der Waals surface area contributed by atoms with Crippen molar-refractivity contribution >= 4 is 23.0 Å². The van der Waals surface area contributed by atoms with E-state index in [1.807, 2.05) is 37.3 Å². The summed E-state index contributed by atoms with van der Waals surface area (Å²) < 4.78 is 2.17. The van der Waals surface area contributed by atoms with Crippen LogP contribution in [0.25, 0.3) is 16.9 Å². The van der Waals surface area contributed by atoms with Crippen molar-refractivity contribution in [2.45, 2.75) is 6.92 Å². The van der Waals surface area contributed by atoms with Gasteiger partial charge in [0, 0.05) is 28.2 Å². The van der Waals surface area contributed by atoms with Crippen LogP contribution >= 0.6 is 11.6 Å². The molecule has 0 aliphatic carbocycles. The van der Waals surface area contributed by atoms with Crippen LogP contribution < -0.4 is 5.32 Å². The SMILES string of the molecule is Cc1ccc(-n2ccc(Nc3ccccc3)c2-c2ccccc2)cc1Cl. The second-order valence-electron chi connectivity index (χ2n) is 6.24. The van der Waals surface area contributed by atoms with E-state index in [0.29, 0.717) is 0 Å². The summed E-state index contributed by atoms with van der Waals surface area (Å²) in [6.07, 6.45) is 2.08. The molecule has 26 heavy (non-hydrogen) atoms. The number of hydrogen-bond donors (Lipinski definition) is 1. The highest BCUT2D eigenvalue weighted by Crippen LogP contribution is 2.34. The van der Waals surface area contributed by atoms with Crippen LogP contribution in [0, 0.1) is 6.92 Å². The second kappa shape index (κ2) is 7.11. The quantitative estimate of drug-likeness (QED) is 0.422. The number of para-hydroxylation sites is 1. The monoisotopic (exact) mass is 358 g/mol. The van der Waals surface area contributed by atoms with E-state index >= 15 is 0 Å². The summed E-state index contributed by atoms with van der Waals surface area (Å²) in [7, 11) is 0. The lowest BCUT2D eigenvalue weighted by Gasteiger charge is -2.14. The van der Waals surface area contributed by atoms with Gasteiger partial charge in [-0.05, 0) is 42.8 Å². The molecule has 2 nitrogen and oxygen atoms in total. The molecule has 0 amide bonds. The van der Waals surface area contributed by atoms with Gasteiger partial charge >= 0.3 is 0 Å². The van der Waals surface area contributed by atoms with E-state index in [4.69, 9.17) is 11.6 Å². The molecule has 3 aromatic carbocycles. The van der Waals surface area contributed by atoms with Gasteiger partial charge in [-0.15, -0.1) is 0 Å². The average Bonchev–Trinajstić information content (AvgIpc) is 3.09. The molecular formula is C23H19ClN2. The number of nitrogens with zero attached hydrogens (tertiary/aromatic N) is 1. The molecule has 0 saturated heterocycles. The first-order chi connectivity index (χ1) is 12.7. The van der Waals surface area contributed by atoms with Crippen molar-refractivity contribution in [1.29, 1.82) is 0 Å². The molecule has 0 spiro atoms. The molecule has 0 aliphatic rings. The third-order valence-electron chi connectivity index (χ3n) is 4.42. The van der Waals surface area contributed by atoms with Crippen molar-refractivity contribution < 1.29 is 0 Å². The van der Waals surface area contributed by atoms with Gasteiger partial charge in [-0.3, -0.25) is 0 Å². The molecule has 4 aromatic rings. The molecule has 4 rings (SSSR count). The lowest BCUT2D eigenvalue weighted by molar-refractivity contribution is 1.09. The summed E-state index contributed by atoms with van der Waals surface area (Å²) in [4.78, 5) is 0. The summed E-state index contributed by atoms with van der Waals surface area (Å²) in [5.41, 5.74) is 6.48. The maximum atomic E-state index is 6.37. The molecule has 0 aliphatic heterocycles. The molecule has 3 heteroatoms. The highest BCUT2D eigenvalue weighted by molar-refractivity contribution is 6.31. The maximum absolute atomic E-state index is 6.37. The number of halogens is 1. The van der Waals surface area contributed by atoms with E-state index in [1.165, 1.54) is 0 Å². The van der Waals surface area contributed by atoms with E-state index in [1.54, 1.807) is 0 Å². The molecule has 128 valence electrons. The van der Waals surface area contributed by atoms with Gasteiger partial charge in [-0.2, -0.15) is 0 Å².